The Balaban J connectivity index is 1.28. The zero-order valence-electron chi connectivity index (χ0n) is 22.5. The summed E-state index contributed by atoms with van der Waals surface area (Å²) in [7, 11) is 0. The van der Waals surface area contributed by atoms with Gasteiger partial charge in [0.25, 0.3) is 0 Å². The number of aromatic nitrogens is 1. The first-order chi connectivity index (χ1) is 21.2. The fourth-order valence-electron chi connectivity index (χ4n) is 5.81. The molecule has 220 valence electrons. The molecule has 0 bridgehead atoms. The van der Waals surface area contributed by atoms with Crippen molar-refractivity contribution in [2.24, 2.45) is 5.92 Å². The lowest BCUT2D eigenvalue weighted by molar-refractivity contribution is -0.122. The summed E-state index contributed by atoms with van der Waals surface area (Å²) in [6, 6.07) is 24.9. The van der Waals surface area contributed by atoms with Gasteiger partial charge < -0.3 is 5.32 Å². The smallest absolute Gasteiger partial charge is 0.308 e. The van der Waals surface area contributed by atoms with Crippen molar-refractivity contribution in [3.05, 3.63) is 120 Å². The van der Waals surface area contributed by atoms with E-state index in [0.717, 1.165) is 38.8 Å². The number of nitrogens with one attached hydrogen (secondary N) is 1. The summed E-state index contributed by atoms with van der Waals surface area (Å²) in [5, 5.41) is 5.46. The molecule has 0 saturated carbocycles. The molecule has 3 amide bonds. The van der Waals surface area contributed by atoms with E-state index in [4.69, 9.17) is 34.8 Å². The third-order valence-corrected chi connectivity index (χ3v) is 11.5. The van der Waals surface area contributed by atoms with Gasteiger partial charge in [0, 0.05) is 21.5 Å². The topological polar surface area (TPSA) is 88.5 Å². The van der Waals surface area contributed by atoms with Crippen molar-refractivity contribution < 1.29 is 14.4 Å². The maximum atomic E-state index is 14.0. The Morgan fingerprint density at radius 3 is 2.36 bits per heavy atom. The third-order valence-electron chi connectivity index (χ3n) is 7.79. The van der Waals surface area contributed by atoms with E-state index in [0.29, 0.717) is 31.9 Å². The van der Waals surface area contributed by atoms with Crippen molar-refractivity contribution in [2.45, 2.75) is 22.7 Å². The van der Waals surface area contributed by atoms with Crippen molar-refractivity contribution >= 4 is 97.8 Å². The van der Waals surface area contributed by atoms with E-state index in [1.807, 2.05) is 36.4 Å². The van der Waals surface area contributed by atoms with E-state index in [9.17, 15) is 19.2 Å². The molecular weight excluding hydrogens is 661 g/mol. The molecule has 0 aliphatic carbocycles. The number of amides is 3. The molecule has 3 heterocycles. The molecule has 44 heavy (non-hydrogen) atoms. The van der Waals surface area contributed by atoms with Gasteiger partial charge in [0.2, 0.25) is 17.7 Å². The van der Waals surface area contributed by atoms with Crippen LogP contribution in [-0.2, 0) is 20.9 Å². The van der Waals surface area contributed by atoms with Gasteiger partial charge in [0.1, 0.15) is 11.8 Å². The molecule has 3 atom stereocenters. The third kappa shape index (κ3) is 4.93. The number of rotatable bonds is 5. The molecule has 0 radical (unpaired) electrons. The van der Waals surface area contributed by atoms with Gasteiger partial charge in [-0.1, -0.05) is 100 Å². The number of thiazole rings is 1. The van der Waals surface area contributed by atoms with Gasteiger partial charge in [0.05, 0.1) is 26.7 Å². The fourth-order valence-corrected chi connectivity index (χ4v) is 9.12. The second kappa shape index (κ2) is 11.4. The number of nitrogens with zero attached hydrogens (tertiary/aromatic N) is 2. The fraction of sp³-hybridized carbons (Fsp3) is 0.125. The summed E-state index contributed by atoms with van der Waals surface area (Å²) < 4.78 is 1.37. The van der Waals surface area contributed by atoms with Crippen LogP contribution in [0.4, 0.5) is 11.4 Å². The van der Waals surface area contributed by atoms with Crippen molar-refractivity contribution in [1.29, 1.82) is 0 Å². The van der Waals surface area contributed by atoms with E-state index in [-0.39, 0.29) is 21.5 Å². The van der Waals surface area contributed by atoms with Crippen molar-refractivity contribution in [2.75, 3.05) is 10.2 Å². The van der Waals surface area contributed by atoms with Crippen LogP contribution in [0, 0.1) is 5.92 Å². The second-order valence-corrected chi connectivity index (χ2v) is 13.8. The highest BCUT2D eigenvalue weighted by Crippen LogP contribution is 2.55. The highest BCUT2D eigenvalue weighted by molar-refractivity contribution is 8.00. The predicted octanol–water partition coefficient (Wildman–Crippen LogP) is 7.46. The summed E-state index contributed by atoms with van der Waals surface area (Å²) in [5.74, 6) is -2.84. The molecule has 2 aliphatic heterocycles. The van der Waals surface area contributed by atoms with E-state index in [1.54, 1.807) is 48.5 Å². The van der Waals surface area contributed by atoms with Gasteiger partial charge in [0.15, 0.2) is 0 Å². The summed E-state index contributed by atoms with van der Waals surface area (Å²) in [4.78, 5) is 56.0. The Labute approximate surface area is 274 Å². The predicted molar refractivity (Wildman–Crippen MR) is 177 cm³/mol. The number of halogens is 3. The highest BCUT2D eigenvalue weighted by Gasteiger charge is 2.57. The van der Waals surface area contributed by atoms with Gasteiger partial charge >= 0.3 is 4.87 Å². The SMILES string of the molecule is O=C(Cn1c2c(sc1=O)[C@@H](c1cccc(Cl)c1Cl)[C@@H]1C(=O)N(c3ccc(Cl)cc3)C(=O)[C@@H]1S2)Nc1ccc2ccccc2c1. The number of benzene rings is 4. The van der Waals surface area contributed by atoms with Crippen LogP contribution in [0.3, 0.4) is 0 Å². The zero-order chi connectivity index (χ0) is 30.7. The second-order valence-electron chi connectivity index (χ2n) is 10.4. The number of fused-ring (bicyclic) bond motifs is 3. The molecule has 0 unspecified atom stereocenters. The molecule has 1 aromatic heterocycles. The normalized spacial score (nSPS) is 19.2. The Morgan fingerprint density at radius 2 is 1.59 bits per heavy atom. The minimum absolute atomic E-state index is 0.238. The first-order valence-corrected chi connectivity index (χ1v) is 16.3. The summed E-state index contributed by atoms with van der Waals surface area (Å²) in [5.41, 5.74) is 1.52. The standard InChI is InChI=1S/C32H20Cl3N3O4S2/c33-18-9-12-20(13-10-18)38-29(40)25-24(21-6-3-7-22(34)26(21)35)28-31(43-27(25)30(38)41)37(32(42)44-28)15-23(39)36-19-11-8-16-4-1-2-5-17(16)14-19/h1-14,24-25,27H,15H2,(H,36,39)/t24-,25-,27+/m0/s1. The summed E-state index contributed by atoms with van der Waals surface area (Å²) in [6.45, 7) is -0.277. The average molecular weight is 681 g/mol. The van der Waals surface area contributed by atoms with Gasteiger partial charge in [-0.25, -0.2) is 4.90 Å². The highest BCUT2D eigenvalue weighted by atomic mass is 35.5. The molecule has 1 N–H and O–H groups in total. The monoisotopic (exact) mass is 679 g/mol. The van der Waals surface area contributed by atoms with Crippen LogP contribution in [0.15, 0.2) is 94.7 Å². The molecule has 7 rings (SSSR count). The van der Waals surface area contributed by atoms with Crippen LogP contribution in [0.25, 0.3) is 10.8 Å². The van der Waals surface area contributed by atoms with Crippen LogP contribution in [0.1, 0.15) is 16.4 Å². The van der Waals surface area contributed by atoms with Crippen molar-refractivity contribution in [1.82, 2.24) is 4.57 Å². The zero-order valence-corrected chi connectivity index (χ0v) is 26.4. The number of carbonyl (C=O) groups excluding carboxylic acids is 3. The Hall–Kier alpha value is -3.60. The van der Waals surface area contributed by atoms with Gasteiger partial charge in [-0.15, -0.1) is 0 Å². The van der Waals surface area contributed by atoms with Crippen LogP contribution >= 0.6 is 57.9 Å². The molecule has 1 fully saturated rings. The molecule has 4 aromatic carbocycles. The van der Waals surface area contributed by atoms with Crippen LogP contribution in [0.2, 0.25) is 15.1 Å². The molecule has 2 aliphatic rings. The lowest BCUT2D eigenvalue weighted by Gasteiger charge is -2.31. The Morgan fingerprint density at radius 1 is 0.841 bits per heavy atom. The molecule has 1 saturated heterocycles. The quantitative estimate of drug-likeness (QED) is 0.195. The molecule has 5 aromatic rings. The number of hydrogen-bond donors (Lipinski definition) is 1. The largest absolute Gasteiger partial charge is 0.325 e. The number of imide groups is 1. The number of anilines is 2. The van der Waals surface area contributed by atoms with Gasteiger partial charge in [-0.3, -0.25) is 23.7 Å². The maximum absolute atomic E-state index is 14.0. The van der Waals surface area contributed by atoms with E-state index in [2.05, 4.69) is 5.32 Å². The van der Waals surface area contributed by atoms with Crippen LogP contribution in [0.5, 0.6) is 0 Å². The van der Waals surface area contributed by atoms with E-state index < -0.39 is 34.8 Å². The number of hydrogen-bond acceptors (Lipinski definition) is 6. The lowest BCUT2D eigenvalue weighted by Crippen LogP contribution is -2.33. The molecule has 0 spiro atoms. The molecular formula is C32H20Cl3N3O4S2. The van der Waals surface area contributed by atoms with Crippen molar-refractivity contribution in [3.63, 3.8) is 0 Å². The average Bonchev–Trinajstić information content (AvgIpc) is 3.45. The van der Waals surface area contributed by atoms with Crippen LogP contribution < -0.4 is 15.1 Å². The minimum atomic E-state index is -0.866. The van der Waals surface area contributed by atoms with Gasteiger partial charge in [-0.2, -0.15) is 0 Å². The van der Waals surface area contributed by atoms with E-state index >= 15 is 0 Å². The summed E-state index contributed by atoms with van der Waals surface area (Å²) >= 11 is 21.2. The Bertz CT molecular complexity index is 2060. The van der Waals surface area contributed by atoms with E-state index in [1.165, 1.54) is 4.57 Å². The van der Waals surface area contributed by atoms with Crippen molar-refractivity contribution in [3.8, 4) is 0 Å². The lowest BCUT2D eigenvalue weighted by atomic mass is 9.83. The molecule has 7 nitrogen and oxygen atoms in total. The Kier molecular flexibility index (Phi) is 7.54. The first kappa shape index (κ1) is 29.1. The maximum Gasteiger partial charge on any atom is 0.308 e. The van der Waals surface area contributed by atoms with Gasteiger partial charge in [-0.05, 0) is 58.8 Å². The first-order valence-electron chi connectivity index (χ1n) is 13.5. The minimum Gasteiger partial charge on any atom is -0.325 e. The molecule has 12 heteroatoms. The summed E-state index contributed by atoms with van der Waals surface area (Å²) in [6.07, 6.45) is 0. The number of carbonyl (C=O) groups is 3. The number of thioether (sulfide) groups is 1. The van der Waals surface area contributed by atoms with Crippen LogP contribution in [-0.4, -0.2) is 27.5 Å².